The summed E-state index contributed by atoms with van der Waals surface area (Å²) in [5, 5.41) is 0.704. The molecule has 2 N–H and O–H groups in total. The Labute approximate surface area is 176 Å². The first-order chi connectivity index (χ1) is 14.0. The maximum absolute atomic E-state index is 6.30. The Bertz CT molecular complexity index is 952. The number of ether oxygens (including phenoxy) is 2. The Balaban J connectivity index is 1.70. The Morgan fingerprint density at radius 2 is 2.00 bits per heavy atom. The van der Waals surface area contributed by atoms with Crippen molar-refractivity contribution in [2.24, 2.45) is 15.7 Å². The van der Waals surface area contributed by atoms with Crippen molar-refractivity contribution in [2.45, 2.75) is 44.9 Å². The van der Waals surface area contributed by atoms with Crippen LogP contribution in [-0.2, 0) is 10.4 Å². The van der Waals surface area contributed by atoms with Crippen LogP contribution in [0.3, 0.4) is 0 Å². The fraction of sp³-hybridized carbons (Fsp3) is 0.391. The van der Waals surface area contributed by atoms with Crippen LogP contribution in [0.4, 0.5) is 0 Å². The van der Waals surface area contributed by atoms with E-state index in [-0.39, 0.29) is 6.10 Å². The third kappa shape index (κ3) is 4.02. The minimum atomic E-state index is -0.730. The third-order valence-electron chi connectivity index (χ3n) is 5.34. The Kier molecular flexibility index (Phi) is 5.61. The van der Waals surface area contributed by atoms with Crippen LogP contribution >= 0.6 is 11.6 Å². The van der Waals surface area contributed by atoms with Gasteiger partial charge in [-0.05, 0) is 48.7 Å². The van der Waals surface area contributed by atoms with E-state index in [2.05, 4.69) is 13.0 Å². The highest BCUT2D eigenvalue weighted by Crippen LogP contribution is 2.47. The largest absolute Gasteiger partial charge is 0.490 e. The molecular weight excluding hydrogens is 386 g/mol. The molecule has 4 rings (SSSR count). The van der Waals surface area contributed by atoms with Crippen LogP contribution in [-0.4, -0.2) is 30.9 Å². The minimum absolute atomic E-state index is 0.0254. The van der Waals surface area contributed by atoms with E-state index in [4.69, 9.17) is 36.8 Å². The standard InChI is InChI=1S/C23H26ClN3O2/c1-3-10-28-11-9-19-14-23(26-15(2)22(25)27-23)20-13-17(7-8-21(20)29-19)16-5-4-6-18(24)12-16/h4-8,12-13,19H,3,9-11,14H2,1-2H3,(H2,25,27)/t19-,23-/m1/s1. The average Bonchev–Trinajstić information content (AvgIpc) is 2.99. The molecule has 2 heterocycles. The summed E-state index contributed by atoms with van der Waals surface area (Å²) in [6, 6.07) is 14.0. The zero-order chi connectivity index (χ0) is 20.4. The molecule has 0 aromatic heterocycles. The maximum Gasteiger partial charge on any atom is 0.185 e. The van der Waals surface area contributed by atoms with Gasteiger partial charge in [-0.15, -0.1) is 0 Å². The van der Waals surface area contributed by atoms with E-state index < -0.39 is 5.66 Å². The highest BCUT2D eigenvalue weighted by molar-refractivity contribution is 6.41. The molecule has 0 unspecified atom stereocenters. The Morgan fingerprint density at radius 3 is 2.72 bits per heavy atom. The van der Waals surface area contributed by atoms with Crippen molar-refractivity contribution in [3.8, 4) is 16.9 Å². The second-order valence-corrected chi connectivity index (χ2v) is 8.01. The number of hydrogen-bond acceptors (Lipinski definition) is 5. The van der Waals surface area contributed by atoms with Gasteiger partial charge in [-0.3, -0.25) is 4.99 Å². The number of halogens is 1. The molecule has 0 amide bonds. The number of rotatable bonds is 6. The molecule has 152 valence electrons. The molecule has 0 fully saturated rings. The first-order valence-electron chi connectivity index (χ1n) is 10.1. The van der Waals surface area contributed by atoms with E-state index in [1.54, 1.807) is 0 Å². The van der Waals surface area contributed by atoms with E-state index in [9.17, 15) is 0 Å². The number of fused-ring (bicyclic) bond motifs is 2. The summed E-state index contributed by atoms with van der Waals surface area (Å²) in [4.78, 5) is 9.68. The molecule has 2 aliphatic heterocycles. The Hall–Kier alpha value is -2.37. The lowest BCUT2D eigenvalue weighted by atomic mass is 9.87. The van der Waals surface area contributed by atoms with Gasteiger partial charge < -0.3 is 15.2 Å². The predicted molar refractivity (Wildman–Crippen MR) is 118 cm³/mol. The molecule has 2 atom stereocenters. The van der Waals surface area contributed by atoms with Crippen LogP contribution in [0.15, 0.2) is 52.4 Å². The number of nitrogens with two attached hydrogens (primary N) is 1. The quantitative estimate of drug-likeness (QED) is 0.683. The van der Waals surface area contributed by atoms with E-state index in [1.807, 2.05) is 43.3 Å². The molecule has 0 saturated carbocycles. The van der Waals surface area contributed by atoms with E-state index in [1.165, 1.54) is 0 Å². The van der Waals surface area contributed by atoms with Crippen LogP contribution in [0.1, 0.15) is 38.7 Å². The highest BCUT2D eigenvalue weighted by Gasteiger charge is 2.44. The lowest BCUT2D eigenvalue weighted by Gasteiger charge is -2.36. The van der Waals surface area contributed by atoms with E-state index >= 15 is 0 Å². The number of benzene rings is 2. The SMILES string of the molecule is CCCOCC[C@@H]1C[C@]2(N=C(C)C(N)=N2)c2cc(-c3cccc(Cl)c3)ccc2O1. The van der Waals surface area contributed by atoms with Gasteiger partial charge in [0.05, 0.1) is 12.3 Å². The first-order valence-corrected chi connectivity index (χ1v) is 10.5. The van der Waals surface area contributed by atoms with Gasteiger partial charge >= 0.3 is 0 Å². The summed E-state index contributed by atoms with van der Waals surface area (Å²) in [7, 11) is 0. The van der Waals surface area contributed by atoms with E-state index in [0.717, 1.165) is 47.6 Å². The van der Waals surface area contributed by atoms with Gasteiger partial charge in [0.15, 0.2) is 5.66 Å². The monoisotopic (exact) mass is 411 g/mol. The summed E-state index contributed by atoms with van der Waals surface area (Å²) < 4.78 is 12.0. The predicted octanol–water partition coefficient (Wildman–Crippen LogP) is 4.96. The lowest BCUT2D eigenvalue weighted by molar-refractivity contribution is 0.0672. The van der Waals surface area contributed by atoms with Crippen LogP contribution in [0.5, 0.6) is 5.75 Å². The summed E-state index contributed by atoms with van der Waals surface area (Å²) in [5.41, 5.74) is 9.21. The van der Waals surface area contributed by atoms with Crippen molar-refractivity contribution in [1.82, 2.24) is 0 Å². The molecular formula is C23H26ClN3O2. The van der Waals surface area contributed by atoms with E-state index in [0.29, 0.717) is 23.9 Å². The third-order valence-corrected chi connectivity index (χ3v) is 5.57. The maximum atomic E-state index is 6.30. The molecule has 0 radical (unpaired) electrons. The second-order valence-electron chi connectivity index (χ2n) is 7.58. The van der Waals surface area contributed by atoms with Gasteiger partial charge in [-0.25, -0.2) is 4.99 Å². The average molecular weight is 412 g/mol. The summed E-state index contributed by atoms with van der Waals surface area (Å²) in [6.07, 6.45) is 2.42. The highest BCUT2D eigenvalue weighted by atomic mass is 35.5. The molecule has 0 aliphatic carbocycles. The lowest BCUT2D eigenvalue weighted by Crippen LogP contribution is -2.36. The van der Waals surface area contributed by atoms with Gasteiger partial charge in [0.1, 0.15) is 17.7 Å². The minimum Gasteiger partial charge on any atom is -0.490 e. The van der Waals surface area contributed by atoms with Gasteiger partial charge in [0.25, 0.3) is 0 Å². The summed E-state index contributed by atoms with van der Waals surface area (Å²) in [5.74, 6) is 1.30. The van der Waals surface area contributed by atoms with Crippen molar-refractivity contribution in [1.29, 1.82) is 0 Å². The zero-order valence-corrected chi connectivity index (χ0v) is 17.6. The Morgan fingerprint density at radius 1 is 1.17 bits per heavy atom. The van der Waals surface area contributed by atoms with Crippen molar-refractivity contribution in [2.75, 3.05) is 13.2 Å². The van der Waals surface area contributed by atoms with Crippen LogP contribution < -0.4 is 10.5 Å². The topological polar surface area (TPSA) is 69.2 Å². The molecule has 2 aliphatic rings. The van der Waals surface area contributed by atoms with Gasteiger partial charge in [0.2, 0.25) is 0 Å². The normalized spacial score (nSPS) is 22.8. The molecule has 1 spiro atoms. The van der Waals surface area contributed by atoms with Crippen molar-refractivity contribution >= 4 is 23.1 Å². The number of nitrogens with zero attached hydrogens (tertiary/aromatic N) is 2. The van der Waals surface area contributed by atoms with Gasteiger partial charge in [-0.2, -0.15) is 0 Å². The summed E-state index contributed by atoms with van der Waals surface area (Å²) >= 11 is 6.19. The van der Waals surface area contributed by atoms with Crippen LogP contribution in [0.2, 0.25) is 5.02 Å². The second kappa shape index (κ2) is 8.17. The number of aliphatic imine (C=N–C) groups is 2. The van der Waals surface area contributed by atoms with Gasteiger partial charge in [-0.1, -0.05) is 36.7 Å². The fourth-order valence-electron chi connectivity index (χ4n) is 3.92. The molecule has 2 aromatic rings. The molecule has 29 heavy (non-hydrogen) atoms. The molecule has 5 nitrogen and oxygen atoms in total. The molecule has 2 aromatic carbocycles. The van der Waals surface area contributed by atoms with Crippen molar-refractivity contribution in [3.63, 3.8) is 0 Å². The molecule has 0 saturated heterocycles. The number of hydrogen-bond donors (Lipinski definition) is 1. The van der Waals surface area contributed by atoms with Crippen LogP contribution in [0.25, 0.3) is 11.1 Å². The van der Waals surface area contributed by atoms with Crippen molar-refractivity contribution in [3.05, 3.63) is 53.1 Å². The zero-order valence-electron chi connectivity index (χ0n) is 16.8. The first kappa shape index (κ1) is 19.9. The van der Waals surface area contributed by atoms with Gasteiger partial charge in [0, 0.05) is 30.0 Å². The molecule has 6 heteroatoms. The van der Waals surface area contributed by atoms with Crippen molar-refractivity contribution < 1.29 is 9.47 Å². The summed E-state index contributed by atoms with van der Waals surface area (Å²) in [6.45, 7) is 5.43. The molecule has 0 bridgehead atoms. The smallest absolute Gasteiger partial charge is 0.185 e. The fourth-order valence-corrected chi connectivity index (χ4v) is 4.11. The number of amidine groups is 1. The van der Waals surface area contributed by atoms with Crippen LogP contribution in [0, 0.1) is 0 Å².